The van der Waals surface area contributed by atoms with Crippen molar-refractivity contribution in [3.63, 3.8) is 0 Å². The molecule has 1 fully saturated rings. The van der Waals surface area contributed by atoms with E-state index in [2.05, 4.69) is 20.7 Å². The molecule has 0 aromatic carbocycles. The number of hydrogen-bond acceptors (Lipinski definition) is 6. The van der Waals surface area contributed by atoms with Crippen LogP contribution < -0.4 is 16.6 Å². The van der Waals surface area contributed by atoms with Crippen molar-refractivity contribution >= 4 is 11.6 Å². The van der Waals surface area contributed by atoms with Crippen molar-refractivity contribution in [2.24, 2.45) is 5.84 Å². The number of nitrogens with zero attached hydrogens (tertiary/aromatic N) is 2. The molecule has 1 aromatic heterocycles. The fourth-order valence-electron chi connectivity index (χ4n) is 1.98. The molecule has 1 heterocycles. The molecule has 0 amide bonds. The lowest BCUT2D eigenvalue weighted by molar-refractivity contribution is 0.0658. The van der Waals surface area contributed by atoms with Crippen LogP contribution in [-0.4, -0.2) is 29.2 Å². The number of hydrogen-bond donors (Lipinski definition) is 3. The highest BCUT2D eigenvalue weighted by Gasteiger charge is 2.14. The summed E-state index contributed by atoms with van der Waals surface area (Å²) in [7, 11) is 0. The molecule has 1 aliphatic rings. The third-order valence-corrected chi connectivity index (χ3v) is 2.85. The van der Waals surface area contributed by atoms with Gasteiger partial charge < -0.3 is 15.5 Å². The summed E-state index contributed by atoms with van der Waals surface area (Å²) in [5.74, 6) is 6.50. The monoisotopic (exact) mass is 237 g/mol. The lowest BCUT2D eigenvalue weighted by Crippen LogP contribution is -2.16. The first-order chi connectivity index (χ1) is 8.38. The summed E-state index contributed by atoms with van der Waals surface area (Å²) in [4.78, 5) is 8.20. The highest BCUT2D eigenvalue weighted by atomic mass is 16.5. The Morgan fingerprint density at radius 2 is 2.06 bits per heavy atom. The van der Waals surface area contributed by atoms with E-state index in [4.69, 9.17) is 10.6 Å². The van der Waals surface area contributed by atoms with Gasteiger partial charge in [0.15, 0.2) is 5.82 Å². The second-order valence-corrected chi connectivity index (χ2v) is 4.14. The molecule has 0 radical (unpaired) electrons. The molecule has 1 aromatic rings. The van der Waals surface area contributed by atoms with E-state index in [9.17, 15) is 0 Å². The Hall–Kier alpha value is -1.40. The van der Waals surface area contributed by atoms with Crippen LogP contribution in [0.3, 0.4) is 0 Å². The van der Waals surface area contributed by atoms with E-state index in [-0.39, 0.29) is 0 Å². The van der Waals surface area contributed by atoms with Gasteiger partial charge in [-0.3, -0.25) is 4.98 Å². The maximum Gasteiger partial charge on any atom is 0.160 e. The topological polar surface area (TPSA) is 85.1 Å². The van der Waals surface area contributed by atoms with Crippen molar-refractivity contribution in [3.8, 4) is 0 Å². The van der Waals surface area contributed by atoms with Crippen LogP contribution in [0.2, 0.25) is 0 Å². The molecular weight excluding hydrogens is 218 g/mol. The number of hydrazine groups is 1. The molecular formula is C11H19N5O. The van der Waals surface area contributed by atoms with Crippen LogP contribution in [0.4, 0.5) is 11.6 Å². The fraction of sp³-hybridized carbons (Fsp3) is 0.636. The maximum absolute atomic E-state index is 5.73. The average molecular weight is 237 g/mol. The van der Waals surface area contributed by atoms with E-state index in [0.29, 0.717) is 24.3 Å². The highest BCUT2D eigenvalue weighted by molar-refractivity contribution is 5.40. The van der Waals surface area contributed by atoms with Gasteiger partial charge >= 0.3 is 0 Å². The third-order valence-electron chi connectivity index (χ3n) is 2.85. The molecule has 6 nitrogen and oxygen atoms in total. The number of ether oxygens (including phenoxy) is 1. The van der Waals surface area contributed by atoms with E-state index >= 15 is 0 Å². The first-order valence-electron chi connectivity index (χ1n) is 6.02. The molecule has 4 N–H and O–H groups in total. The van der Waals surface area contributed by atoms with Gasteiger partial charge in [0.05, 0.1) is 25.1 Å². The molecule has 2 rings (SSSR count). The quantitative estimate of drug-likeness (QED) is 0.391. The zero-order valence-corrected chi connectivity index (χ0v) is 9.85. The van der Waals surface area contributed by atoms with Gasteiger partial charge in [0.1, 0.15) is 5.82 Å². The number of aromatic nitrogens is 2. The number of anilines is 2. The molecule has 0 unspecified atom stereocenters. The minimum atomic E-state index is 0.458. The summed E-state index contributed by atoms with van der Waals surface area (Å²) >= 11 is 0. The number of nitrogens with one attached hydrogen (secondary N) is 2. The summed E-state index contributed by atoms with van der Waals surface area (Å²) in [5, 5.41) is 3.15. The predicted molar refractivity (Wildman–Crippen MR) is 66.5 cm³/mol. The summed E-state index contributed by atoms with van der Waals surface area (Å²) in [6.07, 6.45) is 8.69. The van der Waals surface area contributed by atoms with Gasteiger partial charge in [-0.05, 0) is 12.8 Å². The van der Waals surface area contributed by atoms with E-state index < -0.39 is 0 Å². The van der Waals surface area contributed by atoms with Gasteiger partial charge in [-0.1, -0.05) is 12.8 Å². The zero-order valence-electron chi connectivity index (χ0n) is 9.85. The van der Waals surface area contributed by atoms with Gasteiger partial charge in [0, 0.05) is 6.54 Å². The molecule has 0 spiro atoms. The molecule has 6 heteroatoms. The first kappa shape index (κ1) is 12.1. The largest absolute Gasteiger partial charge is 0.376 e. The van der Waals surface area contributed by atoms with Crippen molar-refractivity contribution in [1.82, 2.24) is 9.97 Å². The van der Waals surface area contributed by atoms with Crippen LogP contribution in [0.1, 0.15) is 25.7 Å². The predicted octanol–water partition coefficient (Wildman–Crippen LogP) is 1.13. The minimum Gasteiger partial charge on any atom is -0.376 e. The lowest BCUT2D eigenvalue weighted by atomic mass is 10.3. The normalized spacial score (nSPS) is 16.1. The lowest BCUT2D eigenvalue weighted by Gasteiger charge is -2.11. The highest BCUT2D eigenvalue weighted by Crippen LogP contribution is 2.20. The SMILES string of the molecule is NNc1cncc(NCCOC2CCCC2)n1. The molecule has 0 saturated heterocycles. The van der Waals surface area contributed by atoms with Crippen molar-refractivity contribution in [2.45, 2.75) is 31.8 Å². The van der Waals surface area contributed by atoms with Crippen molar-refractivity contribution < 1.29 is 4.74 Å². The molecule has 0 bridgehead atoms. The molecule has 0 aliphatic heterocycles. The van der Waals surface area contributed by atoms with Crippen LogP contribution in [0.25, 0.3) is 0 Å². The van der Waals surface area contributed by atoms with Crippen molar-refractivity contribution in [3.05, 3.63) is 12.4 Å². The first-order valence-corrected chi connectivity index (χ1v) is 6.02. The maximum atomic E-state index is 5.73. The van der Waals surface area contributed by atoms with Crippen molar-refractivity contribution in [1.29, 1.82) is 0 Å². The Kier molecular flexibility index (Phi) is 4.52. The van der Waals surface area contributed by atoms with Crippen molar-refractivity contribution in [2.75, 3.05) is 23.9 Å². The van der Waals surface area contributed by atoms with E-state index in [0.717, 1.165) is 6.54 Å². The summed E-state index contributed by atoms with van der Waals surface area (Å²) in [5.41, 5.74) is 2.46. The Labute approximate surface area is 101 Å². The smallest absolute Gasteiger partial charge is 0.160 e. The van der Waals surface area contributed by atoms with Gasteiger partial charge in [0.2, 0.25) is 0 Å². The van der Waals surface area contributed by atoms with Gasteiger partial charge in [-0.2, -0.15) is 0 Å². The van der Waals surface area contributed by atoms with E-state index in [1.807, 2.05) is 0 Å². The average Bonchev–Trinajstić information content (AvgIpc) is 2.88. The van der Waals surface area contributed by atoms with Crippen LogP contribution >= 0.6 is 0 Å². The zero-order chi connectivity index (χ0) is 11.9. The number of rotatable bonds is 6. The van der Waals surface area contributed by atoms with Crippen LogP contribution in [0.5, 0.6) is 0 Å². The second kappa shape index (κ2) is 6.36. The summed E-state index contributed by atoms with van der Waals surface area (Å²) in [6, 6.07) is 0. The Morgan fingerprint density at radius 3 is 2.82 bits per heavy atom. The molecule has 0 atom stereocenters. The Balaban J connectivity index is 1.66. The summed E-state index contributed by atoms with van der Waals surface area (Å²) in [6.45, 7) is 1.44. The number of nitrogens with two attached hydrogens (primary N) is 1. The molecule has 1 saturated carbocycles. The number of nitrogen functional groups attached to an aromatic ring is 1. The van der Waals surface area contributed by atoms with Crippen LogP contribution in [0, 0.1) is 0 Å². The Bertz CT molecular complexity index is 340. The third kappa shape index (κ3) is 3.83. The summed E-state index contributed by atoms with van der Waals surface area (Å²) < 4.78 is 5.73. The van der Waals surface area contributed by atoms with E-state index in [1.54, 1.807) is 12.4 Å². The van der Waals surface area contributed by atoms with Crippen LogP contribution in [-0.2, 0) is 4.74 Å². The van der Waals surface area contributed by atoms with Gasteiger partial charge in [0.25, 0.3) is 0 Å². The van der Waals surface area contributed by atoms with Gasteiger partial charge in [-0.15, -0.1) is 0 Å². The van der Waals surface area contributed by atoms with Crippen LogP contribution in [0.15, 0.2) is 12.4 Å². The second-order valence-electron chi connectivity index (χ2n) is 4.14. The fourth-order valence-corrected chi connectivity index (χ4v) is 1.98. The van der Waals surface area contributed by atoms with E-state index in [1.165, 1.54) is 25.7 Å². The molecule has 17 heavy (non-hydrogen) atoms. The standard InChI is InChI=1S/C11H19N5O/c12-16-11-8-13-7-10(15-11)14-5-6-17-9-3-1-2-4-9/h7-9H,1-6,12H2,(H2,14,15,16). The van der Waals surface area contributed by atoms with Gasteiger partial charge in [-0.25, -0.2) is 10.8 Å². The molecule has 94 valence electrons. The molecule has 1 aliphatic carbocycles. The minimum absolute atomic E-state index is 0.458. The Morgan fingerprint density at radius 1 is 1.29 bits per heavy atom.